The Morgan fingerprint density at radius 3 is 2.55 bits per heavy atom. The average Bonchev–Trinajstić information content (AvgIpc) is 3.41. The number of carbonyl (C=O) groups excluding carboxylic acids is 1. The molecule has 0 bridgehead atoms. The Morgan fingerprint density at radius 1 is 0.903 bits per heavy atom. The average molecular weight is 433 g/mol. The molecule has 1 N–H and O–H groups in total. The van der Waals surface area contributed by atoms with Crippen LogP contribution in [0.1, 0.15) is 10.6 Å². The van der Waals surface area contributed by atoms with E-state index in [2.05, 4.69) is 10.3 Å². The number of carbonyl (C=O) groups is 1. The maximum atomic E-state index is 13.1. The van der Waals surface area contributed by atoms with E-state index < -0.39 is 5.91 Å². The minimum Gasteiger partial charge on any atom is -0.451 e. The molecule has 7 heteroatoms. The first-order valence-corrected chi connectivity index (χ1v) is 9.77. The van der Waals surface area contributed by atoms with Crippen molar-refractivity contribution < 1.29 is 18.0 Å². The van der Waals surface area contributed by atoms with Crippen LogP contribution < -0.4 is 5.32 Å². The Hall–Kier alpha value is -3.90. The first-order chi connectivity index (χ1) is 15.0. The molecule has 1 amide bonds. The third kappa shape index (κ3) is 3.93. The summed E-state index contributed by atoms with van der Waals surface area (Å²) in [6.07, 6.45) is 0. The predicted octanol–water partition coefficient (Wildman–Crippen LogP) is 6.80. The van der Waals surface area contributed by atoms with Crippen LogP contribution in [0.5, 0.6) is 0 Å². The predicted molar refractivity (Wildman–Crippen MR) is 117 cm³/mol. The number of aromatic nitrogens is 1. The highest BCUT2D eigenvalue weighted by atomic mass is 35.5. The van der Waals surface area contributed by atoms with Gasteiger partial charge in [0.1, 0.15) is 17.1 Å². The molecule has 0 fully saturated rings. The zero-order valence-corrected chi connectivity index (χ0v) is 16.7. The summed E-state index contributed by atoms with van der Waals surface area (Å²) >= 11 is 6.02. The standard InChI is InChI=1S/C24H14ClFN2O3/c25-16-3-1-2-15(12-16)20-10-11-22(30-20)23(29)27-18-8-9-21-19(13-18)28-24(31-21)14-4-6-17(26)7-5-14/h1-13H,(H,27,29). The smallest absolute Gasteiger partial charge is 0.291 e. The number of hydrogen-bond donors (Lipinski definition) is 1. The molecule has 0 unspecified atom stereocenters. The number of fused-ring (bicyclic) bond motifs is 1. The molecule has 2 heterocycles. The lowest BCUT2D eigenvalue weighted by Gasteiger charge is -2.03. The highest BCUT2D eigenvalue weighted by molar-refractivity contribution is 6.30. The van der Waals surface area contributed by atoms with Crippen molar-refractivity contribution in [3.05, 3.63) is 95.5 Å². The van der Waals surface area contributed by atoms with Crippen LogP contribution in [-0.4, -0.2) is 10.9 Å². The molecule has 0 saturated heterocycles. The fourth-order valence-corrected chi connectivity index (χ4v) is 3.36. The van der Waals surface area contributed by atoms with Gasteiger partial charge in [-0.15, -0.1) is 0 Å². The molecule has 5 aromatic rings. The topological polar surface area (TPSA) is 68.3 Å². The summed E-state index contributed by atoms with van der Waals surface area (Å²) in [7, 11) is 0. The highest BCUT2D eigenvalue weighted by Crippen LogP contribution is 2.28. The number of nitrogens with one attached hydrogen (secondary N) is 1. The third-order valence-electron chi connectivity index (χ3n) is 4.68. The molecule has 31 heavy (non-hydrogen) atoms. The van der Waals surface area contributed by atoms with E-state index in [1.54, 1.807) is 54.6 Å². The SMILES string of the molecule is O=C(Nc1ccc2oc(-c3ccc(F)cc3)nc2c1)c1ccc(-c2cccc(Cl)c2)o1. The molecule has 0 saturated carbocycles. The molecule has 0 radical (unpaired) electrons. The van der Waals surface area contributed by atoms with Crippen LogP contribution in [0.25, 0.3) is 33.9 Å². The number of nitrogens with zero attached hydrogens (tertiary/aromatic N) is 1. The summed E-state index contributed by atoms with van der Waals surface area (Å²) in [5, 5.41) is 3.38. The van der Waals surface area contributed by atoms with Crippen LogP contribution in [0.15, 0.2) is 87.7 Å². The zero-order valence-electron chi connectivity index (χ0n) is 15.9. The maximum absolute atomic E-state index is 13.1. The van der Waals surface area contributed by atoms with Crippen LogP contribution in [-0.2, 0) is 0 Å². The number of oxazole rings is 1. The molecule has 0 atom stereocenters. The lowest BCUT2D eigenvalue weighted by Crippen LogP contribution is -2.10. The summed E-state index contributed by atoms with van der Waals surface area (Å²) in [6, 6.07) is 21.5. The second kappa shape index (κ2) is 7.74. The van der Waals surface area contributed by atoms with Crippen LogP contribution in [0, 0.1) is 5.82 Å². The molecule has 0 aliphatic heterocycles. The molecule has 0 spiro atoms. The number of furan rings is 1. The van der Waals surface area contributed by atoms with E-state index in [0.717, 1.165) is 5.56 Å². The van der Waals surface area contributed by atoms with E-state index in [1.165, 1.54) is 12.1 Å². The van der Waals surface area contributed by atoms with Crippen molar-refractivity contribution in [2.45, 2.75) is 0 Å². The van der Waals surface area contributed by atoms with Gasteiger partial charge in [0.15, 0.2) is 11.3 Å². The molecule has 2 aromatic heterocycles. The van der Waals surface area contributed by atoms with Crippen molar-refractivity contribution >= 4 is 34.3 Å². The number of anilines is 1. The molecular formula is C24H14ClFN2O3. The maximum Gasteiger partial charge on any atom is 0.291 e. The van der Waals surface area contributed by atoms with Gasteiger partial charge >= 0.3 is 0 Å². The van der Waals surface area contributed by atoms with Crippen molar-refractivity contribution in [3.63, 3.8) is 0 Å². The number of benzene rings is 3. The van der Waals surface area contributed by atoms with Gasteiger partial charge in [-0.25, -0.2) is 9.37 Å². The zero-order chi connectivity index (χ0) is 21.4. The Kier molecular flexibility index (Phi) is 4.76. The lowest BCUT2D eigenvalue weighted by atomic mass is 10.2. The monoisotopic (exact) mass is 432 g/mol. The van der Waals surface area contributed by atoms with E-state index >= 15 is 0 Å². The summed E-state index contributed by atoms with van der Waals surface area (Å²) in [5.41, 5.74) is 3.10. The Morgan fingerprint density at radius 2 is 1.74 bits per heavy atom. The minimum atomic E-state index is -0.394. The Bertz CT molecular complexity index is 1410. The number of hydrogen-bond acceptors (Lipinski definition) is 4. The van der Waals surface area contributed by atoms with Gasteiger partial charge in [-0.1, -0.05) is 23.7 Å². The van der Waals surface area contributed by atoms with E-state index in [4.69, 9.17) is 20.4 Å². The Balaban J connectivity index is 1.36. The minimum absolute atomic E-state index is 0.169. The second-order valence-electron chi connectivity index (χ2n) is 6.84. The summed E-state index contributed by atoms with van der Waals surface area (Å²) in [4.78, 5) is 17.0. The van der Waals surface area contributed by atoms with Gasteiger partial charge in [-0.2, -0.15) is 0 Å². The highest BCUT2D eigenvalue weighted by Gasteiger charge is 2.14. The fourth-order valence-electron chi connectivity index (χ4n) is 3.17. The van der Waals surface area contributed by atoms with E-state index in [0.29, 0.717) is 39.0 Å². The van der Waals surface area contributed by atoms with Crippen molar-refractivity contribution in [2.75, 3.05) is 5.32 Å². The molecule has 5 nitrogen and oxygen atoms in total. The van der Waals surface area contributed by atoms with E-state index in [-0.39, 0.29) is 11.6 Å². The van der Waals surface area contributed by atoms with Crippen LogP contribution in [0.3, 0.4) is 0 Å². The summed E-state index contributed by atoms with van der Waals surface area (Å²) in [5.74, 6) is 0.359. The van der Waals surface area contributed by atoms with Crippen molar-refractivity contribution in [2.24, 2.45) is 0 Å². The first kappa shape index (κ1) is 19.1. The molecule has 5 rings (SSSR count). The Labute approximate surface area is 181 Å². The third-order valence-corrected chi connectivity index (χ3v) is 4.91. The van der Waals surface area contributed by atoms with Gasteiger partial charge in [-0.3, -0.25) is 4.79 Å². The summed E-state index contributed by atoms with van der Waals surface area (Å²) < 4.78 is 24.5. The first-order valence-electron chi connectivity index (χ1n) is 9.39. The second-order valence-corrected chi connectivity index (χ2v) is 7.27. The lowest BCUT2D eigenvalue weighted by molar-refractivity contribution is 0.0997. The molecule has 0 aliphatic carbocycles. The molecule has 0 aliphatic rings. The van der Waals surface area contributed by atoms with Crippen LogP contribution in [0.4, 0.5) is 10.1 Å². The summed E-state index contributed by atoms with van der Waals surface area (Å²) in [6.45, 7) is 0. The van der Waals surface area contributed by atoms with Gasteiger partial charge in [0.25, 0.3) is 5.91 Å². The van der Waals surface area contributed by atoms with Gasteiger partial charge in [0.05, 0.1) is 0 Å². The van der Waals surface area contributed by atoms with E-state index in [9.17, 15) is 9.18 Å². The van der Waals surface area contributed by atoms with E-state index in [1.807, 2.05) is 12.1 Å². The van der Waals surface area contributed by atoms with Crippen molar-refractivity contribution in [1.82, 2.24) is 4.98 Å². The van der Waals surface area contributed by atoms with Gasteiger partial charge < -0.3 is 14.2 Å². The normalized spacial score (nSPS) is 11.0. The van der Waals surface area contributed by atoms with Crippen LogP contribution >= 0.6 is 11.6 Å². The van der Waals surface area contributed by atoms with Gasteiger partial charge in [0.2, 0.25) is 5.89 Å². The quantitative estimate of drug-likeness (QED) is 0.339. The van der Waals surface area contributed by atoms with Gasteiger partial charge in [0, 0.05) is 21.8 Å². The largest absolute Gasteiger partial charge is 0.451 e. The number of rotatable bonds is 4. The fraction of sp³-hybridized carbons (Fsp3) is 0. The van der Waals surface area contributed by atoms with Gasteiger partial charge in [-0.05, 0) is 66.7 Å². The van der Waals surface area contributed by atoms with Crippen LogP contribution in [0.2, 0.25) is 5.02 Å². The van der Waals surface area contributed by atoms with Crippen molar-refractivity contribution in [1.29, 1.82) is 0 Å². The number of halogens is 2. The molecule has 3 aromatic carbocycles. The molecule has 152 valence electrons. The van der Waals surface area contributed by atoms with Crippen molar-refractivity contribution in [3.8, 4) is 22.8 Å². The molecular weight excluding hydrogens is 419 g/mol. The number of amides is 1.